The van der Waals surface area contributed by atoms with Gasteiger partial charge in [-0.15, -0.1) is 0 Å². The van der Waals surface area contributed by atoms with E-state index in [1.807, 2.05) is 66.7 Å². The van der Waals surface area contributed by atoms with Crippen molar-refractivity contribution in [2.24, 2.45) is 0 Å². The first-order chi connectivity index (χ1) is 19.8. The molecule has 0 aliphatic rings. The predicted molar refractivity (Wildman–Crippen MR) is 163 cm³/mol. The molecule has 0 saturated carbocycles. The number of fused-ring (bicyclic) bond motifs is 3. The molecule has 1 N–H and O–H groups in total. The SMILES string of the molecule is OBOc1ccc2c(c1)c1ccccc1n2-c1cccc(-c2nc(-c3ccccc3)cc(-c3ccccc3)n2)c1. The third-order valence-electron chi connectivity index (χ3n) is 7.10. The highest BCUT2D eigenvalue weighted by molar-refractivity contribution is 6.17. The third-order valence-corrected chi connectivity index (χ3v) is 7.10. The Balaban J connectivity index is 1.42. The minimum absolute atomic E-state index is 0.362. The quantitative estimate of drug-likeness (QED) is 0.237. The van der Waals surface area contributed by atoms with Gasteiger partial charge in [-0.1, -0.05) is 91.0 Å². The molecule has 7 rings (SSSR count). The van der Waals surface area contributed by atoms with Crippen molar-refractivity contribution in [1.82, 2.24) is 14.5 Å². The summed E-state index contributed by atoms with van der Waals surface area (Å²) in [6.07, 6.45) is 0. The molecule has 0 spiro atoms. The molecule has 0 radical (unpaired) electrons. The van der Waals surface area contributed by atoms with E-state index >= 15 is 0 Å². The normalized spacial score (nSPS) is 11.1. The second-order valence-electron chi connectivity index (χ2n) is 9.55. The average molecular weight is 517 g/mol. The zero-order valence-corrected chi connectivity index (χ0v) is 21.6. The molecule has 2 aromatic heterocycles. The van der Waals surface area contributed by atoms with Gasteiger partial charge in [-0.25, -0.2) is 9.97 Å². The Morgan fingerprint density at radius 2 is 1.18 bits per heavy atom. The lowest BCUT2D eigenvalue weighted by Gasteiger charge is -2.12. The van der Waals surface area contributed by atoms with Crippen molar-refractivity contribution in [3.8, 4) is 45.3 Å². The molecule has 190 valence electrons. The monoisotopic (exact) mass is 517 g/mol. The van der Waals surface area contributed by atoms with Crippen LogP contribution in [0.1, 0.15) is 0 Å². The van der Waals surface area contributed by atoms with Gasteiger partial charge < -0.3 is 14.2 Å². The molecule has 40 heavy (non-hydrogen) atoms. The summed E-state index contributed by atoms with van der Waals surface area (Å²) in [4.78, 5) is 10.0. The van der Waals surface area contributed by atoms with Crippen LogP contribution in [0, 0.1) is 0 Å². The van der Waals surface area contributed by atoms with Crippen molar-refractivity contribution in [1.29, 1.82) is 0 Å². The Morgan fingerprint density at radius 1 is 0.550 bits per heavy atom. The van der Waals surface area contributed by atoms with E-state index in [0.717, 1.165) is 55.6 Å². The molecule has 2 heterocycles. The molecular weight excluding hydrogens is 493 g/mol. The Bertz CT molecular complexity index is 1910. The number of para-hydroxylation sites is 1. The molecule has 7 aromatic rings. The largest absolute Gasteiger partial charge is 0.539 e. The third kappa shape index (κ3) is 4.30. The minimum atomic E-state index is -0.362. The second kappa shape index (κ2) is 10.2. The Morgan fingerprint density at radius 3 is 1.88 bits per heavy atom. The summed E-state index contributed by atoms with van der Waals surface area (Å²) in [7, 11) is -0.362. The van der Waals surface area contributed by atoms with E-state index in [1.54, 1.807) is 0 Å². The highest BCUT2D eigenvalue weighted by Crippen LogP contribution is 2.35. The van der Waals surface area contributed by atoms with Gasteiger partial charge in [0.2, 0.25) is 0 Å². The van der Waals surface area contributed by atoms with E-state index in [-0.39, 0.29) is 7.69 Å². The second-order valence-corrected chi connectivity index (χ2v) is 9.55. The fourth-order valence-corrected chi connectivity index (χ4v) is 5.27. The van der Waals surface area contributed by atoms with Crippen molar-refractivity contribution in [3.05, 3.63) is 133 Å². The summed E-state index contributed by atoms with van der Waals surface area (Å²) < 4.78 is 7.63. The number of rotatable bonds is 6. The van der Waals surface area contributed by atoms with E-state index in [9.17, 15) is 5.02 Å². The molecule has 5 aromatic carbocycles. The molecule has 5 nitrogen and oxygen atoms in total. The Labute approximate surface area is 232 Å². The number of hydrogen-bond donors (Lipinski definition) is 1. The molecule has 6 heteroatoms. The van der Waals surface area contributed by atoms with E-state index < -0.39 is 0 Å². The fourth-order valence-electron chi connectivity index (χ4n) is 5.27. The molecule has 0 amide bonds. The molecule has 0 aliphatic carbocycles. The minimum Gasteiger partial charge on any atom is -0.539 e. The van der Waals surface area contributed by atoms with Crippen LogP contribution >= 0.6 is 0 Å². The standard InChI is InChI=1S/C34H24BN3O2/c39-35-40-27-18-19-33-29(21-27)28-16-7-8-17-32(28)38(33)26-15-9-14-25(20-26)34-36-30(23-10-3-1-4-11-23)22-31(37-34)24-12-5-2-6-13-24/h1-22,35,39H. The van der Waals surface area contributed by atoms with Gasteiger partial charge in [0.15, 0.2) is 5.82 Å². The molecule has 0 atom stereocenters. The van der Waals surface area contributed by atoms with Crippen LogP contribution in [0.2, 0.25) is 0 Å². The first kappa shape index (κ1) is 23.9. The average Bonchev–Trinajstić information content (AvgIpc) is 3.36. The molecule has 0 unspecified atom stereocenters. The summed E-state index contributed by atoms with van der Waals surface area (Å²) in [6, 6.07) is 45.0. The number of aromatic nitrogens is 3. The molecule has 0 saturated heterocycles. The lowest BCUT2D eigenvalue weighted by atomic mass is 10.1. The van der Waals surface area contributed by atoms with Crippen LogP contribution in [-0.2, 0) is 0 Å². The van der Waals surface area contributed by atoms with E-state index in [4.69, 9.17) is 14.6 Å². The van der Waals surface area contributed by atoms with Crippen molar-refractivity contribution in [3.63, 3.8) is 0 Å². The number of hydrogen-bond acceptors (Lipinski definition) is 4. The van der Waals surface area contributed by atoms with Crippen LogP contribution in [0.4, 0.5) is 0 Å². The maximum Gasteiger partial charge on any atom is 0.504 e. The maximum absolute atomic E-state index is 9.27. The summed E-state index contributed by atoms with van der Waals surface area (Å²) in [5.41, 5.74) is 7.91. The smallest absolute Gasteiger partial charge is 0.504 e. The van der Waals surface area contributed by atoms with E-state index in [2.05, 4.69) is 71.3 Å². The highest BCUT2D eigenvalue weighted by Gasteiger charge is 2.15. The van der Waals surface area contributed by atoms with Gasteiger partial charge in [-0.05, 0) is 42.5 Å². The number of benzene rings is 5. The van der Waals surface area contributed by atoms with E-state index in [0.29, 0.717) is 11.6 Å². The highest BCUT2D eigenvalue weighted by atomic mass is 16.5. The van der Waals surface area contributed by atoms with E-state index in [1.165, 1.54) is 0 Å². The van der Waals surface area contributed by atoms with Crippen LogP contribution in [0.15, 0.2) is 133 Å². The summed E-state index contributed by atoms with van der Waals surface area (Å²) in [5, 5.41) is 11.4. The van der Waals surface area contributed by atoms with Gasteiger partial charge in [-0.3, -0.25) is 0 Å². The summed E-state index contributed by atoms with van der Waals surface area (Å²) >= 11 is 0. The molecule has 0 fully saturated rings. The molecule has 0 bridgehead atoms. The zero-order chi connectivity index (χ0) is 26.9. The Kier molecular flexibility index (Phi) is 6.07. The van der Waals surface area contributed by atoms with Crippen LogP contribution in [0.3, 0.4) is 0 Å². The Hall–Kier alpha value is -5.20. The zero-order valence-electron chi connectivity index (χ0n) is 21.6. The van der Waals surface area contributed by atoms with Gasteiger partial charge in [0.05, 0.1) is 22.4 Å². The van der Waals surface area contributed by atoms with Crippen molar-refractivity contribution >= 4 is 29.5 Å². The molecular formula is C34H24BN3O2. The fraction of sp³-hybridized carbons (Fsp3) is 0. The lowest BCUT2D eigenvalue weighted by Crippen LogP contribution is -2.00. The first-order valence-corrected chi connectivity index (χ1v) is 13.2. The number of nitrogens with zero attached hydrogens (tertiary/aromatic N) is 3. The first-order valence-electron chi connectivity index (χ1n) is 13.2. The van der Waals surface area contributed by atoms with Gasteiger partial charge in [-0.2, -0.15) is 0 Å². The van der Waals surface area contributed by atoms with Crippen molar-refractivity contribution in [2.75, 3.05) is 0 Å². The maximum atomic E-state index is 9.27. The summed E-state index contributed by atoms with van der Waals surface area (Å²) in [5.74, 6) is 1.30. The molecule has 0 aliphatic heterocycles. The predicted octanol–water partition coefficient (Wildman–Crippen LogP) is 7.21. The van der Waals surface area contributed by atoms with Gasteiger partial charge in [0, 0.05) is 33.2 Å². The van der Waals surface area contributed by atoms with Crippen LogP contribution in [-0.4, -0.2) is 27.2 Å². The topological polar surface area (TPSA) is 60.2 Å². The summed E-state index contributed by atoms with van der Waals surface area (Å²) in [6.45, 7) is 0. The van der Waals surface area contributed by atoms with Gasteiger partial charge in [0.1, 0.15) is 5.75 Å². The van der Waals surface area contributed by atoms with Crippen LogP contribution in [0.5, 0.6) is 5.75 Å². The van der Waals surface area contributed by atoms with Crippen LogP contribution in [0.25, 0.3) is 61.4 Å². The van der Waals surface area contributed by atoms with Crippen molar-refractivity contribution in [2.45, 2.75) is 0 Å². The van der Waals surface area contributed by atoms with Gasteiger partial charge in [0.25, 0.3) is 0 Å². The van der Waals surface area contributed by atoms with Gasteiger partial charge >= 0.3 is 7.69 Å². The lowest BCUT2D eigenvalue weighted by molar-refractivity contribution is 0.454. The van der Waals surface area contributed by atoms with Crippen LogP contribution < -0.4 is 4.65 Å². The van der Waals surface area contributed by atoms with Crippen molar-refractivity contribution < 1.29 is 9.68 Å².